The summed E-state index contributed by atoms with van der Waals surface area (Å²) in [4.78, 5) is 22.1. The van der Waals surface area contributed by atoms with Crippen LogP contribution >= 0.6 is 38.6 Å². The maximum atomic E-state index is 12.3. The number of nitrogens with zero attached hydrogens (tertiary/aromatic N) is 2. The predicted octanol–water partition coefficient (Wildman–Crippen LogP) is 4.49. The van der Waals surface area contributed by atoms with Gasteiger partial charge in [0.2, 0.25) is 0 Å². The number of aromatic amines is 1. The molecule has 0 aliphatic carbocycles. The normalized spacial score (nSPS) is 11.8. The zero-order valence-electron chi connectivity index (χ0n) is 11.7. The van der Waals surface area contributed by atoms with Crippen molar-refractivity contribution in [2.75, 3.05) is 0 Å². The highest BCUT2D eigenvalue weighted by atomic mass is 79.9. The van der Waals surface area contributed by atoms with E-state index in [9.17, 15) is 10.1 Å². The van der Waals surface area contributed by atoms with Gasteiger partial charge in [-0.25, -0.2) is 4.98 Å². The standard InChI is InChI=1S/C15H10BrN3OS2/c1-7-8(2)21-15-12(7)14(20)18-13(19-15)9(6-17)5-10-3-4-11(16)22-10/h3-5H,1-2H3,(H,18,19,20). The molecule has 22 heavy (non-hydrogen) atoms. The number of halogens is 1. The number of nitriles is 1. The van der Waals surface area contributed by atoms with Gasteiger partial charge < -0.3 is 4.98 Å². The SMILES string of the molecule is Cc1sc2nc(C(C#N)=Cc3ccc(Br)s3)[nH]c(=O)c2c1C. The van der Waals surface area contributed by atoms with Crippen LogP contribution in [0.3, 0.4) is 0 Å². The zero-order chi connectivity index (χ0) is 15.9. The Morgan fingerprint density at radius 1 is 1.41 bits per heavy atom. The first-order chi connectivity index (χ1) is 10.5. The summed E-state index contributed by atoms with van der Waals surface area (Å²) in [6.45, 7) is 3.87. The minimum atomic E-state index is -0.199. The second kappa shape index (κ2) is 5.80. The highest BCUT2D eigenvalue weighted by Crippen LogP contribution is 2.28. The average Bonchev–Trinajstić information content (AvgIpc) is 3.00. The molecule has 0 atom stereocenters. The number of nitrogens with one attached hydrogen (secondary N) is 1. The number of thiophene rings is 2. The molecule has 7 heteroatoms. The lowest BCUT2D eigenvalue weighted by atomic mass is 10.2. The molecule has 0 fully saturated rings. The lowest BCUT2D eigenvalue weighted by Crippen LogP contribution is -2.10. The second-order valence-corrected chi connectivity index (χ2v) is 8.39. The molecule has 3 rings (SSSR count). The molecule has 0 aliphatic heterocycles. The van der Waals surface area contributed by atoms with Gasteiger partial charge in [-0.3, -0.25) is 4.79 Å². The topological polar surface area (TPSA) is 69.5 Å². The smallest absolute Gasteiger partial charge is 0.260 e. The predicted molar refractivity (Wildman–Crippen MR) is 95.2 cm³/mol. The van der Waals surface area contributed by atoms with E-state index in [0.717, 1.165) is 19.1 Å². The third kappa shape index (κ3) is 2.65. The van der Waals surface area contributed by atoms with Gasteiger partial charge in [0.25, 0.3) is 5.56 Å². The molecule has 0 radical (unpaired) electrons. The van der Waals surface area contributed by atoms with E-state index in [0.29, 0.717) is 21.6 Å². The van der Waals surface area contributed by atoms with E-state index in [1.807, 2.05) is 26.0 Å². The Hall–Kier alpha value is -1.75. The van der Waals surface area contributed by atoms with Crippen LogP contribution in [0.2, 0.25) is 0 Å². The van der Waals surface area contributed by atoms with E-state index in [1.165, 1.54) is 22.7 Å². The van der Waals surface area contributed by atoms with E-state index in [2.05, 4.69) is 32.0 Å². The number of rotatable bonds is 2. The summed E-state index contributed by atoms with van der Waals surface area (Å²) >= 11 is 6.37. The van der Waals surface area contributed by atoms with Crippen LogP contribution in [-0.4, -0.2) is 9.97 Å². The van der Waals surface area contributed by atoms with Crippen molar-refractivity contribution in [3.8, 4) is 6.07 Å². The molecule has 0 unspecified atom stereocenters. The molecule has 3 aromatic rings. The van der Waals surface area contributed by atoms with Gasteiger partial charge in [-0.2, -0.15) is 5.26 Å². The molecule has 0 saturated heterocycles. The Morgan fingerprint density at radius 3 is 2.82 bits per heavy atom. The van der Waals surface area contributed by atoms with Gasteiger partial charge in [-0.05, 0) is 53.5 Å². The van der Waals surface area contributed by atoms with E-state index >= 15 is 0 Å². The summed E-state index contributed by atoms with van der Waals surface area (Å²) < 4.78 is 0.984. The van der Waals surface area contributed by atoms with Crippen LogP contribution in [0.15, 0.2) is 20.7 Å². The van der Waals surface area contributed by atoms with Crippen LogP contribution in [0.4, 0.5) is 0 Å². The van der Waals surface area contributed by atoms with Gasteiger partial charge in [-0.1, -0.05) is 0 Å². The van der Waals surface area contributed by atoms with Crippen molar-refractivity contribution < 1.29 is 0 Å². The number of H-pyrrole nitrogens is 1. The third-order valence-corrected chi connectivity index (χ3v) is 5.97. The van der Waals surface area contributed by atoms with Crippen LogP contribution in [0, 0.1) is 25.2 Å². The molecule has 0 spiro atoms. The number of aromatic nitrogens is 2. The zero-order valence-corrected chi connectivity index (χ0v) is 14.9. The average molecular weight is 392 g/mol. The fourth-order valence-electron chi connectivity index (χ4n) is 2.08. The molecule has 0 bridgehead atoms. The molecule has 0 amide bonds. The van der Waals surface area contributed by atoms with Crippen molar-refractivity contribution in [1.82, 2.24) is 9.97 Å². The first-order valence-corrected chi connectivity index (χ1v) is 8.79. The molecule has 110 valence electrons. The van der Waals surface area contributed by atoms with Gasteiger partial charge in [0.15, 0.2) is 5.82 Å². The Bertz CT molecular complexity index is 1000. The van der Waals surface area contributed by atoms with Crippen molar-refractivity contribution >= 4 is 60.5 Å². The summed E-state index contributed by atoms with van der Waals surface area (Å²) in [5, 5.41) is 10.00. The van der Waals surface area contributed by atoms with Crippen LogP contribution in [0.1, 0.15) is 21.1 Å². The molecule has 3 heterocycles. The summed E-state index contributed by atoms with van der Waals surface area (Å²) in [6.07, 6.45) is 1.73. The molecule has 0 saturated carbocycles. The quantitative estimate of drug-likeness (QED) is 0.654. The largest absolute Gasteiger partial charge is 0.305 e. The Balaban J connectivity index is 2.18. The Morgan fingerprint density at radius 2 is 2.18 bits per heavy atom. The fourth-order valence-corrected chi connectivity index (χ4v) is 4.48. The molecule has 0 aromatic carbocycles. The maximum Gasteiger partial charge on any atom is 0.260 e. The second-order valence-electron chi connectivity index (χ2n) is 4.69. The van der Waals surface area contributed by atoms with Crippen LogP contribution in [0.5, 0.6) is 0 Å². The summed E-state index contributed by atoms with van der Waals surface area (Å²) in [7, 11) is 0. The van der Waals surface area contributed by atoms with Crippen LogP contribution in [0.25, 0.3) is 21.9 Å². The number of fused-ring (bicyclic) bond motifs is 1. The summed E-state index contributed by atoms with van der Waals surface area (Å²) in [5.41, 5.74) is 1.09. The molecular weight excluding hydrogens is 382 g/mol. The van der Waals surface area contributed by atoms with Gasteiger partial charge in [0.1, 0.15) is 10.9 Å². The van der Waals surface area contributed by atoms with Crippen molar-refractivity contribution in [3.63, 3.8) is 0 Å². The van der Waals surface area contributed by atoms with Crippen LogP contribution < -0.4 is 5.56 Å². The van der Waals surface area contributed by atoms with Crippen molar-refractivity contribution in [2.45, 2.75) is 13.8 Å². The van der Waals surface area contributed by atoms with Gasteiger partial charge in [-0.15, -0.1) is 22.7 Å². The van der Waals surface area contributed by atoms with Gasteiger partial charge in [0.05, 0.1) is 14.7 Å². The highest BCUT2D eigenvalue weighted by molar-refractivity contribution is 9.11. The van der Waals surface area contributed by atoms with Crippen molar-refractivity contribution in [2.24, 2.45) is 0 Å². The number of hydrogen-bond donors (Lipinski definition) is 1. The maximum absolute atomic E-state index is 12.3. The monoisotopic (exact) mass is 391 g/mol. The van der Waals surface area contributed by atoms with E-state index < -0.39 is 0 Å². The number of hydrogen-bond acceptors (Lipinski definition) is 5. The number of allylic oxidation sites excluding steroid dienone is 1. The Kier molecular flexibility index (Phi) is 4.00. The van der Waals surface area contributed by atoms with E-state index in [4.69, 9.17) is 0 Å². The first kappa shape index (κ1) is 15.2. The van der Waals surface area contributed by atoms with Gasteiger partial charge in [0, 0.05) is 9.75 Å². The highest BCUT2D eigenvalue weighted by Gasteiger charge is 2.14. The van der Waals surface area contributed by atoms with Crippen LogP contribution in [-0.2, 0) is 0 Å². The molecular formula is C15H10BrN3OS2. The fraction of sp³-hybridized carbons (Fsp3) is 0.133. The molecule has 1 N–H and O–H groups in total. The Labute approximate surface area is 142 Å². The van der Waals surface area contributed by atoms with E-state index in [-0.39, 0.29) is 5.56 Å². The van der Waals surface area contributed by atoms with E-state index in [1.54, 1.807) is 6.08 Å². The lowest BCUT2D eigenvalue weighted by molar-refractivity contribution is 1.13. The lowest BCUT2D eigenvalue weighted by Gasteiger charge is -1.99. The van der Waals surface area contributed by atoms with Crippen molar-refractivity contribution in [3.05, 3.63) is 47.4 Å². The van der Waals surface area contributed by atoms with Gasteiger partial charge >= 0.3 is 0 Å². The molecule has 3 aromatic heterocycles. The molecule has 0 aliphatic rings. The minimum absolute atomic E-state index is 0.199. The van der Waals surface area contributed by atoms with Crippen molar-refractivity contribution in [1.29, 1.82) is 5.26 Å². The summed E-state index contributed by atoms with van der Waals surface area (Å²) in [5.74, 6) is 0.311. The molecule has 4 nitrogen and oxygen atoms in total. The first-order valence-electron chi connectivity index (χ1n) is 6.37. The minimum Gasteiger partial charge on any atom is -0.305 e. The summed E-state index contributed by atoms with van der Waals surface area (Å²) in [6, 6.07) is 5.93. The number of aryl methyl sites for hydroxylation is 2. The third-order valence-electron chi connectivity index (χ3n) is 3.30.